The van der Waals surface area contributed by atoms with Gasteiger partial charge in [0.05, 0.1) is 12.7 Å². The summed E-state index contributed by atoms with van der Waals surface area (Å²) in [4.78, 5) is 11.7. The van der Waals surface area contributed by atoms with Crippen molar-refractivity contribution in [2.45, 2.75) is 51.6 Å². The standard InChI is InChI=1S/C15H24O3/c1-12-5-2-3-6-13(12)11-18-15(16)9-8-14-7-4-10-17-14/h2-3,12-14H,4-11H2,1H3. The number of esters is 1. The Morgan fingerprint density at radius 2 is 2.22 bits per heavy atom. The molecule has 102 valence electrons. The van der Waals surface area contributed by atoms with Crippen molar-refractivity contribution in [3.05, 3.63) is 12.2 Å². The van der Waals surface area contributed by atoms with E-state index in [1.807, 2.05) is 0 Å². The molecule has 1 aliphatic carbocycles. The Hall–Kier alpha value is -0.830. The van der Waals surface area contributed by atoms with Gasteiger partial charge in [-0.25, -0.2) is 0 Å². The third-order valence-electron chi connectivity index (χ3n) is 4.07. The molecule has 3 heteroatoms. The Morgan fingerprint density at radius 1 is 1.39 bits per heavy atom. The lowest BCUT2D eigenvalue weighted by atomic mass is 9.85. The van der Waals surface area contributed by atoms with Gasteiger partial charge in [0.2, 0.25) is 0 Å². The maximum absolute atomic E-state index is 11.7. The first kappa shape index (κ1) is 13.6. The van der Waals surface area contributed by atoms with Crippen molar-refractivity contribution in [2.24, 2.45) is 11.8 Å². The zero-order valence-electron chi connectivity index (χ0n) is 11.3. The van der Waals surface area contributed by atoms with Gasteiger partial charge in [-0.15, -0.1) is 0 Å². The van der Waals surface area contributed by atoms with E-state index in [0.29, 0.717) is 24.9 Å². The predicted octanol–water partition coefficient (Wildman–Crippen LogP) is 3.09. The molecule has 0 bridgehead atoms. The Morgan fingerprint density at radius 3 is 2.94 bits per heavy atom. The highest BCUT2D eigenvalue weighted by Gasteiger charge is 2.21. The molecule has 18 heavy (non-hydrogen) atoms. The second-order valence-electron chi connectivity index (χ2n) is 5.54. The first-order chi connectivity index (χ1) is 8.75. The normalized spacial score (nSPS) is 31.5. The summed E-state index contributed by atoms with van der Waals surface area (Å²) >= 11 is 0. The molecule has 0 aromatic carbocycles. The van der Waals surface area contributed by atoms with E-state index in [9.17, 15) is 4.79 Å². The van der Waals surface area contributed by atoms with Gasteiger partial charge in [0, 0.05) is 13.0 Å². The van der Waals surface area contributed by atoms with Gasteiger partial charge in [-0.2, -0.15) is 0 Å². The van der Waals surface area contributed by atoms with E-state index in [0.717, 1.165) is 38.7 Å². The molecule has 0 radical (unpaired) electrons. The van der Waals surface area contributed by atoms with Gasteiger partial charge >= 0.3 is 5.97 Å². The Labute approximate surface area is 110 Å². The van der Waals surface area contributed by atoms with Crippen LogP contribution in [0, 0.1) is 11.8 Å². The lowest BCUT2D eigenvalue weighted by Gasteiger charge is -2.24. The second kappa shape index (κ2) is 6.93. The van der Waals surface area contributed by atoms with Gasteiger partial charge in [0.25, 0.3) is 0 Å². The molecule has 3 atom stereocenters. The molecular formula is C15H24O3. The molecule has 3 nitrogen and oxygen atoms in total. The molecular weight excluding hydrogens is 228 g/mol. The minimum Gasteiger partial charge on any atom is -0.465 e. The Kier molecular flexibility index (Phi) is 5.24. The highest BCUT2D eigenvalue weighted by Crippen LogP contribution is 2.25. The maximum Gasteiger partial charge on any atom is 0.305 e. The summed E-state index contributed by atoms with van der Waals surface area (Å²) in [6, 6.07) is 0. The Balaban J connectivity index is 1.60. The Bertz CT molecular complexity index is 292. The van der Waals surface area contributed by atoms with Crippen molar-refractivity contribution < 1.29 is 14.3 Å². The summed E-state index contributed by atoms with van der Waals surface area (Å²) in [7, 11) is 0. The van der Waals surface area contributed by atoms with E-state index >= 15 is 0 Å². The first-order valence-electron chi connectivity index (χ1n) is 7.18. The number of carbonyl (C=O) groups is 1. The molecule has 1 saturated heterocycles. The molecule has 2 aliphatic rings. The zero-order chi connectivity index (χ0) is 12.8. The number of carbonyl (C=O) groups excluding carboxylic acids is 1. The monoisotopic (exact) mass is 252 g/mol. The zero-order valence-corrected chi connectivity index (χ0v) is 11.3. The summed E-state index contributed by atoms with van der Waals surface area (Å²) in [5.41, 5.74) is 0. The van der Waals surface area contributed by atoms with Crippen LogP contribution in [-0.4, -0.2) is 25.3 Å². The lowest BCUT2D eigenvalue weighted by molar-refractivity contribution is -0.146. The van der Waals surface area contributed by atoms with E-state index in [1.165, 1.54) is 0 Å². The van der Waals surface area contributed by atoms with Crippen LogP contribution in [0.1, 0.15) is 45.4 Å². The minimum absolute atomic E-state index is 0.0627. The van der Waals surface area contributed by atoms with E-state index in [1.54, 1.807) is 0 Å². The summed E-state index contributed by atoms with van der Waals surface area (Å²) in [6.45, 7) is 3.66. The second-order valence-corrected chi connectivity index (χ2v) is 5.54. The van der Waals surface area contributed by atoms with Gasteiger partial charge in [-0.05, 0) is 43.9 Å². The van der Waals surface area contributed by atoms with Crippen LogP contribution in [-0.2, 0) is 14.3 Å². The number of ether oxygens (including phenoxy) is 2. The minimum atomic E-state index is -0.0627. The van der Waals surface area contributed by atoms with Gasteiger partial charge < -0.3 is 9.47 Å². The van der Waals surface area contributed by atoms with Crippen LogP contribution >= 0.6 is 0 Å². The fraction of sp³-hybridized carbons (Fsp3) is 0.800. The number of allylic oxidation sites excluding steroid dienone is 2. The molecule has 0 saturated carbocycles. The van der Waals surface area contributed by atoms with E-state index < -0.39 is 0 Å². The molecule has 0 N–H and O–H groups in total. The molecule has 3 unspecified atom stereocenters. The fourth-order valence-electron chi connectivity index (χ4n) is 2.66. The maximum atomic E-state index is 11.7. The summed E-state index contributed by atoms with van der Waals surface area (Å²) in [6.07, 6.45) is 10.4. The SMILES string of the molecule is CC1CC=CCC1COC(=O)CCC1CCCO1. The van der Waals surface area contributed by atoms with Crippen molar-refractivity contribution in [3.63, 3.8) is 0 Å². The molecule has 0 aromatic heterocycles. The van der Waals surface area contributed by atoms with Crippen molar-refractivity contribution in [2.75, 3.05) is 13.2 Å². The van der Waals surface area contributed by atoms with Crippen LogP contribution in [0.2, 0.25) is 0 Å². The molecule has 0 amide bonds. The van der Waals surface area contributed by atoms with Crippen molar-refractivity contribution >= 4 is 5.97 Å². The molecule has 1 aliphatic heterocycles. The van der Waals surface area contributed by atoms with Crippen LogP contribution < -0.4 is 0 Å². The number of hydrogen-bond acceptors (Lipinski definition) is 3. The summed E-state index contributed by atoms with van der Waals surface area (Å²) < 4.78 is 10.9. The molecule has 0 aromatic rings. The van der Waals surface area contributed by atoms with Crippen molar-refractivity contribution in [1.29, 1.82) is 0 Å². The molecule has 1 fully saturated rings. The van der Waals surface area contributed by atoms with E-state index in [2.05, 4.69) is 19.1 Å². The summed E-state index contributed by atoms with van der Waals surface area (Å²) in [5.74, 6) is 1.06. The molecule has 0 spiro atoms. The molecule has 2 rings (SSSR count). The summed E-state index contributed by atoms with van der Waals surface area (Å²) in [5, 5.41) is 0. The average Bonchev–Trinajstić information content (AvgIpc) is 2.88. The highest BCUT2D eigenvalue weighted by molar-refractivity contribution is 5.69. The van der Waals surface area contributed by atoms with E-state index in [-0.39, 0.29) is 12.1 Å². The smallest absolute Gasteiger partial charge is 0.305 e. The molecule has 1 heterocycles. The number of hydrogen-bond donors (Lipinski definition) is 0. The highest BCUT2D eigenvalue weighted by atomic mass is 16.5. The van der Waals surface area contributed by atoms with Crippen LogP contribution in [0.15, 0.2) is 12.2 Å². The van der Waals surface area contributed by atoms with Crippen LogP contribution in [0.3, 0.4) is 0 Å². The van der Waals surface area contributed by atoms with Gasteiger partial charge in [-0.3, -0.25) is 4.79 Å². The van der Waals surface area contributed by atoms with E-state index in [4.69, 9.17) is 9.47 Å². The van der Waals surface area contributed by atoms with Gasteiger partial charge in [0.1, 0.15) is 0 Å². The van der Waals surface area contributed by atoms with Crippen LogP contribution in [0.25, 0.3) is 0 Å². The van der Waals surface area contributed by atoms with Gasteiger partial charge in [0.15, 0.2) is 0 Å². The van der Waals surface area contributed by atoms with Crippen LogP contribution in [0.4, 0.5) is 0 Å². The van der Waals surface area contributed by atoms with Crippen LogP contribution in [0.5, 0.6) is 0 Å². The number of rotatable bonds is 5. The van der Waals surface area contributed by atoms with Crippen molar-refractivity contribution in [3.8, 4) is 0 Å². The topological polar surface area (TPSA) is 35.5 Å². The largest absolute Gasteiger partial charge is 0.465 e. The first-order valence-corrected chi connectivity index (χ1v) is 7.18. The predicted molar refractivity (Wildman–Crippen MR) is 70.2 cm³/mol. The fourth-order valence-corrected chi connectivity index (χ4v) is 2.66. The lowest BCUT2D eigenvalue weighted by Crippen LogP contribution is -2.22. The average molecular weight is 252 g/mol. The third-order valence-corrected chi connectivity index (χ3v) is 4.07. The third kappa shape index (κ3) is 4.13. The van der Waals surface area contributed by atoms with Gasteiger partial charge in [-0.1, -0.05) is 19.1 Å². The van der Waals surface area contributed by atoms with Crippen molar-refractivity contribution in [1.82, 2.24) is 0 Å². The quantitative estimate of drug-likeness (QED) is 0.557.